The fourth-order valence-electron chi connectivity index (χ4n) is 1.39. The van der Waals surface area contributed by atoms with Crippen molar-refractivity contribution in [1.82, 2.24) is 0 Å². The molecule has 0 spiro atoms. The molecule has 0 rings (SSSR count). The number of unbranched alkanes of at least 4 members (excludes halogenated alkanes) is 1. The van der Waals surface area contributed by atoms with Crippen LogP contribution in [-0.4, -0.2) is 11.9 Å². The number of ether oxygens (including phenoxy) is 1. The van der Waals surface area contributed by atoms with E-state index in [4.69, 9.17) is 4.74 Å². The first-order valence-electron chi connectivity index (χ1n) is 5.90. The smallest absolute Gasteiger partial charge is 0.316 e. The van der Waals surface area contributed by atoms with E-state index in [-0.39, 0.29) is 11.9 Å². The number of esters is 2. The van der Waals surface area contributed by atoms with Crippen LogP contribution in [0.2, 0.25) is 0 Å². The van der Waals surface area contributed by atoms with E-state index >= 15 is 0 Å². The summed E-state index contributed by atoms with van der Waals surface area (Å²) >= 11 is 0. The van der Waals surface area contributed by atoms with Crippen molar-refractivity contribution in [2.24, 2.45) is 5.92 Å². The lowest BCUT2D eigenvalue weighted by atomic mass is 10.00. The Balaban J connectivity index is 3.97. The highest BCUT2D eigenvalue weighted by atomic mass is 16.6. The van der Waals surface area contributed by atoms with Gasteiger partial charge >= 0.3 is 11.9 Å². The molecule has 0 saturated carbocycles. The molecule has 0 aliphatic heterocycles. The van der Waals surface area contributed by atoms with Gasteiger partial charge in [0.25, 0.3) is 0 Å². The Kier molecular flexibility index (Phi) is 7.96. The molecule has 0 heterocycles. The average molecular weight is 214 g/mol. The second-order valence-electron chi connectivity index (χ2n) is 3.79. The van der Waals surface area contributed by atoms with Crippen LogP contribution < -0.4 is 0 Å². The minimum absolute atomic E-state index is 0.106. The van der Waals surface area contributed by atoms with Crippen molar-refractivity contribution in [3.63, 3.8) is 0 Å². The van der Waals surface area contributed by atoms with Crippen LogP contribution in [-0.2, 0) is 14.3 Å². The normalized spacial score (nSPS) is 12.2. The van der Waals surface area contributed by atoms with Crippen LogP contribution in [0.25, 0.3) is 0 Å². The summed E-state index contributed by atoms with van der Waals surface area (Å²) in [6, 6.07) is 0. The SMILES string of the molecule is CCCCC(CC)C(=O)OC(=O)CCC. The van der Waals surface area contributed by atoms with Crippen LogP contribution in [0.4, 0.5) is 0 Å². The van der Waals surface area contributed by atoms with Crippen molar-refractivity contribution in [1.29, 1.82) is 0 Å². The number of hydrogen-bond donors (Lipinski definition) is 0. The molecule has 0 bridgehead atoms. The lowest BCUT2D eigenvalue weighted by Gasteiger charge is -2.12. The van der Waals surface area contributed by atoms with Crippen LogP contribution in [0.3, 0.4) is 0 Å². The predicted molar refractivity (Wildman–Crippen MR) is 59.3 cm³/mol. The van der Waals surface area contributed by atoms with Crippen molar-refractivity contribution in [3.8, 4) is 0 Å². The molecule has 1 atom stereocenters. The molecule has 0 radical (unpaired) electrons. The third-order valence-electron chi connectivity index (χ3n) is 2.40. The summed E-state index contributed by atoms with van der Waals surface area (Å²) in [5.74, 6) is -0.840. The van der Waals surface area contributed by atoms with E-state index in [1.54, 1.807) is 0 Å². The van der Waals surface area contributed by atoms with E-state index in [2.05, 4.69) is 6.92 Å². The van der Waals surface area contributed by atoms with Gasteiger partial charge in [-0.1, -0.05) is 33.6 Å². The van der Waals surface area contributed by atoms with Gasteiger partial charge in [-0.15, -0.1) is 0 Å². The number of rotatable bonds is 7. The summed E-state index contributed by atoms with van der Waals surface area (Å²) in [4.78, 5) is 22.6. The molecule has 1 unspecified atom stereocenters. The second kappa shape index (κ2) is 8.45. The standard InChI is InChI=1S/C12H22O3/c1-4-7-9-10(6-3)12(14)15-11(13)8-5-2/h10H,4-9H2,1-3H3. The third-order valence-corrected chi connectivity index (χ3v) is 2.40. The van der Waals surface area contributed by atoms with Gasteiger partial charge in [-0.25, -0.2) is 0 Å². The maximum atomic E-state index is 11.5. The zero-order valence-electron chi connectivity index (χ0n) is 10.0. The first kappa shape index (κ1) is 14.1. The van der Waals surface area contributed by atoms with Gasteiger partial charge in [0.15, 0.2) is 0 Å². The highest BCUT2D eigenvalue weighted by Gasteiger charge is 2.19. The van der Waals surface area contributed by atoms with Crippen LogP contribution in [0.5, 0.6) is 0 Å². The summed E-state index contributed by atoms with van der Waals surface area (Å²) in [6.45, 7) is 5.92. The Morgan fingerprint density at radius 3 is 2.27 bits per heavy atom. The van der Waals surface area contributed by atoms with Gasteiger partial charge in [0.2, 0.25) is 0 Å². The fourth-order valence-corrected chi connectivity index (χ4v) is 1.39. The van der Waals surface area contributed by atoms with Gasteiger partial charge in [0, 0.05) is 6.42 Å². The lowest BCUT2D eigenvalue weighted by Crippen LogP contribution is -2.20. The topological polar surface area (TPSA) is 43.4 Å². The van der Waals surface area contributed by atoms with Crippen LogP contribution in [0.15, 0.2) is 0 Å². The molecule has 0 aliphatic carbocycles. The highest BCUT2D eigenvalue weighted by molar-refractivity contribution is 5.86. The summed E-state index contributed by atoms with van der Waals surface area (Å²) in [5, 5.41) is 0. The zero-order valence-corrected chi connectivity index (χ0v) is 10.0. The van der Waals surface area contributed by atoms with E-state index < -0.39 is 5.97 Å². The number of carbonyl (C=O) groups is 2. The van der Waals surface area contributed by atoms with Crippen LogP contribution >= 0.6 is 0 Å². The van der Waals surface area contributed by atoms with Crippen LogP contribution in [0.1, 0.15) is 59.3 Å². The van der Waals surface area contributed by atoms with E-state index in [1.807, 2.05) is 13.8 Å². The minimum atomic E-state index is -0.391. The molecule has 0 saturated heterocycles. The van der Waals surface area contributed by atoms with Crippen molar-refractivity contribution < 1.29 is 14.3 Å². The van der Waals surface area contributed by atoms with Crippen molar-refractivity contribution in [2.45, 2.75) is 59.3 Å². The minimum Gasteiger partial charge on any atom is -0.393 e. The van der Waals surface area contributed by atoms with Crippen molar-refractivity contribution in [2.75, 3.05) is 0 Å². The van der Waals surface area contributed by atoms with E-state index in [0.717, 1.165) is 32.1 Å². The zero-order chi connectivity index (χ0) is 11.7. The quantitative estimate of drug-likeness (QED) is 0.483. The Morgan fingerprint density at radius 1 is 1.13 bits per heavy atom. The molecule has 0 amide bonds. The number of carbonyl (C=O) groups excluding carboxylic acids is 2. The molecule has 0 fully saturated rings. The molecular weight excluding hydrogens is 192 g/mol. The van der Waals surface area contributed by atoms with E-state index in [9.17, 15) is 9.59 Å². The van der Waals surface area contributed by atoms with Crippen LogP contribution in [0, 0.1) is 5.92 Å². The lowest BCUT2D eigenvalue weighted by molar-refractivity contribution is -0.162. The fraction of sp³-hybridized carbons (Fsp3) is 0.833. The molecule has 0 N–H and O–H groups in total. The second-order valence-corrected chi connectivity index (χ2v) is 3.79. The predicted octanol–water partition coefficient (Wildman–Crippen LogP) is 3.07. The molecule has 3 nitrogen and oxygen atoms in total. The maximum Gasteiger partial charge on any atom is 0.316 e. The summed E-state index contributed by atoms with van der Waals surface area (Å²) in [6.07, 6.45) is 4.69. The van der Waals surface area contributed by atoms with E-state index in [0.29, 0.717) is 6.42 Å². The van der Waals surface area contributed by atoms with Gasteiger partial charge in [-0.05, 0) is 19.3 Å². The van der Waals surface area contributed by atoms with Gasteiger partial charge in [-0.2, -0.15) is 0 Å². The summed E-state index contributed by atoms with van der Waals surface area (Å²) < 4.78 is 4.76. The Morgan fingerprint density at radius 2 is 1.80 bits per heavy atom. The van der Waals surface area contributed by atoms with Gasteiger partial charge in [0.05, 0.1) is 5.92 Å². The monoisotopic (exact) mass is 214 g/mol. The maximum absolute atomic E-state index is 11.5. The Hall–Kier alpha value is -0.860. The highest BCUT2D eigenvalue weighted by Crippen LogP contribution is 2.14. The molecule has 88 valence electrons. The summed E-state index contributed by atoms with van der Waals surface area (Å²) in [5.41, 5.74) is 0. The average Bonchev–Trinajstić information content (AvgIpc) is 2.19. The molecular formula is C12H22O3. The molecule has 0 aromatic rings. The van der Waals surface area contributed by atoms with Gasteiger partial charge in [0.1, 0.15) is 0 Å². The first-order valence-corrected chi connectivity index (χ1v) is 5.90. The largest absolute Gasteiger partial charge is 0.393 e. The molecule has 0 aromatic heterocycles. The van der Waals surface area contributed by atoms with Gasteiger partial charge < -0.3 is 4.74 Å². The van der Waals surface area contributed by atoms with Gasteiger partial charge in [-0.3, -0.25) is 9.59 Å². The first-order chi connectivity index (χ1) is 7.15. The molecule has 0 aromatic carbocycles. The molecule has 0 aliphatic rings. The third kappa shape index (κ3) is 6.26. The Bertz CT molecular complexity index is 199. The summed E-state index contributed by atoms with van der Waals surface area (Å²) in [7, 11) is 0. The van der Waals surface area contributed by atoms with Crippen molar-refractivity contribution >= 4 is 11.9 Å². The number of hydrogen-bond acceptors (Lipinski definition) is 3. The Labute approximate surface area is 92.2 Å². The molecule has 3 heteroatoms. The molecule has 15 heavy (non-hydrogen) atoms. The van der Waals surface area contributed by atoms with E-state index in [1.165, 1.54) is 0 Å². The van der Waals surface area contributed by atoms with Crippen molar-refractivity contribution in [3.05, 3.63) is 0 Å².